The summed E-state index contributed by atoms with van der Waals surface area (Å²) in [4.78, 5) is 10.9. The Morgan fingerprint density at radius 2 is 0.521 bits per heavy atom. The van der Waals surface area contributed by atoms with Gasteiger partial charge in [-0.25, -0.2) is 9.97 Å². The second-order valence-corrected chi connectivity index (χ2v) is 18.4. The molecule has 0 spiro atoms. The van der Waals surface area contributed by atoms with Crippen molar-refractivity contribution in [3.8, 4) is 106 Å². The van der Waals surface area contributed by atoms with E-state index in [1.807, 2.05) is 12.1 Å². The highest BCUT2D eigenvalue weighted by Gasteiger charge is 2.28. The van der Waals surface area contributed by atoms with Crippen molar-refractivity contribution >= 4 is 21.8 Å². The maximum atomic E-state index is 5.44. The van der Waals surface area contributed by atoms with Crippen LogP contribution in [0.3, 0.4) is 0 Å². The highest BCUT2D eigenvalue weighted by atomic mass is 15.0. The zero-order chi connectivity index (χ0) is 48.5. The fourth-order valence-electron chi connectivity index (χ4n) is 10.7. The SMILES string of the molecule is c1ccc(-c2cc(-c3ccccc3)nc(-c3cc(-c4ccccc4)c(-n4c5c(-c6ccccc6)c(-c6ccccc6)ccc5c5ccc(-c6ccccc6)c(-c6ccccc6)c54)c(-c4ccccc4)c3)n2)cc1. The molecule has 3 heteroatoms. The Kier molecular flexibility index (Phi) is 11.2. The molecule has 0 saturated carbocycles. The van der Waals surface area contributed by atoms with Crippen LogP contribution in [0.5, 0.6) is 0 Å². The van der Waals surface area contributed by atoms with Crippen LogP contribution in [0.2, 0.25) is 0 Å². The summed E-state index contributed by atoms with van der Waals surface area (Å²) in [5.74, 6) is 0.649. The third-order valence-electron chi connectivity index (χ3n) is 14.0. The van der Waals surface area contributed by atoms with Crippen LogP contribution >= 0.6 is 0 Å². The van der Waals surface area contributed by atoms with Crippen LogP contribution in [0.1, 0.15) is 0 Å². The molecule has 2 heterocycles. The smallest absolute Gasteiger partial charge is 0.160 e. The Morgan fingerprint density at radius 3 is 0.849 bits per heavy atom. The Labute approximate surface area is 425 Å². The number of aromatic nitrogens is 3. The van der Waals surface area contributed by atoms with Gasteiger partial charge in [0.25, 0.3) is 0 Å². The summed E-state index contributed by atoms with van der Waals surface area (Å²) in [7, 11) is 0. The van der Waals surface area contributed by atoms with Gasteiger partial charge >= 0.3 is 0 Å². The second-order valence-electron chi connectivity index (χ2n) is 18.4. The Bertz CT molecular complexity index is 3810. The summed E-state index contributed by atoms with van der Waals surface area (Å²) in [5, 5.41) is 2.33. The van der Waals surface area contributed by atoms with Gasteiger partial charge in [0.1, 0.15) is 0 Å². The van der Waals surface area contributed by atoms with E-state index in [1.165, 1.54) is 10.8 Å². The maximum Gasteiger partial charge on any atom is 0.160 e. The molecule has 11 aromatic carbocycles. The third kappa shape index (κ3) is 8.00. The van der Waals surface area contributed by atoms with Crippen LogP contribution in [0.25, 0.3) is 128 Å². The van der Waals surface area contributed by atoms with Gasteiger partial charge in [0.2, 0.25) is 0 Å². The van der Waals surface area contributed by atoms with Crippen molar-refractivity contribution in [3.05, 3.63) is 285 Å². The lowest BCUT2D eigenvalue weighted by molar-refractivity contribution is 1.17. The van der Waals surface area contributed by atoms with Crippen LogP contribution in [-0.4, -0.2) is 14.5 Å². The Morgan fingerprint density at radius 1 is 0.233 bits per heavy atom. The van der Waals surface area contributed by atoms with E-state index < -0.39 is 0 Å². The van der Waals surface area contributed by atoms with E-state index in [-0.39, 0.29) is 0 Å². The first kappa shape index (κ1) is 43.3. The molecule has 342 valence electrons. The van der Waals surface area contributed by atoms with Gasteiger partial charge in [0.15, 0.2) is 5.82 Å². The summed E-state index contributed by atoms with van der Waals surface area (Å²) in [6.07, 6.45) is 0. The first-order valence-corrected chi connectivity index (χ1v) is 24.9. The monoisotopic (exact) mass is 929 g/mol. The van der Waals surface area contributed by atoms with Gasteiger partial charge in [-0.2, -0.15) is 0 Å². The fourth-order valence-corrected chi connectivity index (χ4v) is 10.7. The lowest BCUT2D eigenvalue weighted by atomic mass is 9.90. The largest absolute Gasteiger partial charge is 0.307 e. The van der Waals surface area contributed by atoms with Crippen molar-refractivity contribution in [2.24, 2.45) is 0 Å². The molecule has 0 aliphatic carbocycles. The fraction of sp³-hybridized carbons (Fsp3) is 0. The summed E-state index contributed by atoms with van der Waals surface area (Å²) in [5.41, 5.74) is 21.5. The number of hydrogen-bond acceptors (Lipinski definition) is 2. The molecule has 0 aliphatic heterocycles. The van der Waals surface area contributed by atoms with Crippen LogP contribution in [0.4, 0.5) is 0 Å². The molecule has 13 rings (SSSR count). The molecule has 0 radical (unpaired) electrons. The van der Waals surface area contributed by atoms with Gasteiger partial charge in [-0.15, -0.1) is 0 Å². The molecule has 0 atom stereocenters. The van der Waals surface area contributed by atoms with Crippen LogP contribution < -0.4 is 0 Å². The molecular formula is C70H47N3. The molecular weight excluding hydrogens is 883 g/mol. The van der Waals surface area contributed by atoms with Crippen molar-refractivity contribution in [1.82, 2.24) is 14.5 Å². The van der Waals surface area contributed by atoms with Gasteiger partial charge in [0, 0.05) is 49.7 Å². The minimum absolute atomic E-state index is 0.649. The minimum atomic E-state index is 0.649. The summed E-state index contributed by atoms with van der Waals surface area (Å²) < 4.78 is 2.62. The van der Waals surface area contributed by atoms with E-state index in [9.17, 15) is 0 Å². The van der Waals surface area contributed by atoms with E-state index >= 15 is 0 Å². The molecule has 73 heavy (non-hydrogen) atoms. The molecule has 0 N–H and O–H groups in total. The van der Waals surface area contributed by atoms with Gasteiger partial charge < -0.3 is 4.57 Å². The van der Waals surface area contributed by atoms with E-state index in [0.29, 0.717) is 5.82 Å². The summed E-state index contributed by atoms with van der Waals surface area (Å²) in [6, 6.07) is 102. The number of rotatable bonds is 10. The summed E-state index contributed by atoms with van der Waals surface area (Å²) in [6.45, 7) is 0. The normalized spacial score (nSPS) is 11.3. The zero-order valence-corrected chi connectivity index (χ0v) is 40.0. The highest BCUT2D eigenvalue weighted by molar-refractivity contribution is 6.22. The quantitative estimate of drug-likeness (QED) is 0.137. The number of hydrogen-bond donors (Lipinski definition) is 0. The maximum absolute atomic E-state index is 5.44. The topological polar surface area (TPSA) is 30.7 Å². The molecule has 0 aliphatic rings. The average molecular weight is 930 g/mol. The standard InChI is InChI=1S/C70H47N3/c1-9-25-48(26-10-1)57-41-43-59-60-44-42-58(49-27-11-2-12-28-49)66(55-39-23-8-24-40-55)69(60)73(68(59)65(57)54-37-21-7-22-38-54)67-61(50-29-13-3-14-30-50)45-56(46-62(67)51-31-15-4-16-32-51)70-71-63(52-33-17-5-18-34-52)47-64(72-70)53-35-19-6-20-36-53/h1-47H. The molecule has 2 aromatic heterocycles. The highest BCUT2D eigenvalue weighted by Crippen LogP contribution is 2.51. The minimum Gasteiger partial charge on any atom is -0.307 e. The van der Waals surface area contributed by atoms with Crippen LogP contribution in [-0.2, 0) is 0 Å². The number of fused-ring (bicyclic) bond motifs is 3. The predicted octanol–water partition coefficient (Wildman–Crippen LogP) is 18.6. The van der Waals surface area contributed by atoms with Crippen molar-refractivity contribution in [2.75, 3.05) is 0 Å². The van der Waals surface area contributed by atoms with E-state index in [0.717, 1.165) is 112 Å². The molecule has 0 amide bonds. The number of benzene rings is 11. The average Bonchev–Trinajstić information content (AvgIpc) is 3.82. The first-order chi connectivity index (χ1) is 36.2. The van der Waals surface area contributed by atoms with Gasteiger partial charge in [-0.3, -0.25) is 0 Å². The first-order valence-electron chi connectivity index (χ1n) is 24.9. The molecule has 0 fully saturated rings. The Balaban J connectivity index is 1.25. The molecule has 0 bridgehead atoms. The van der Waals surface area contributed by atoms with Crippen molar-refractivity contribution in [3.63, 3.8) is 0 Å². The predicted molar refractivity (Wildman–Crippen MR) is 305 cm³/mol. The molecule has 0 unspecified atom stereocenters. The Hall–Kier alpha value is -9.70. The van der Waals surface area contributed by atoms with E-state index in [4.69, 9.17) is 9.97 Å². The lowest BCUT2D eigenvalue weighted by Crippen LogP contribution is -2.05. The molecule has 13 aromatic rings. The van der Waals surface area contributed by atoms with Crippen LogP contribution in [0.15, 0.2) is 285 Å². The lowest BCUT2D eigenvalue weighted by Gasteiger charge is -2.24. The van der Waals surface area contributed by atoms with Crippen molar-refractivity contribution in [2.45, 2.75) is 0 Å². The van der Waals surface area contributed by atoms with Gasteiger partial charge in [0.05, 0.1) is 28.1 Å². The van der Waals surface area contributed by atoms with E-state index in [1.54, 1.807) is 0 Å². The molecule has 3 nitrogen and oxygen atoms in total. The van der Waals surface area contributed by atoms with E-state index in [2.05, 4.69) is 278 Å². The second kappa shape index (κ2) is 18.9. The van der Waals surface area contributed by atoms with Crippen LogP contribution in [0, 0.1) is 0 Å². The summed E-state index contributed by atoms with van der Waals surface area (Å²) >= 11 is 0. The zero-order valence-electron chi connectivity index (χ0n) is 40.0. The number of nitrogens with zero attached hydrogens (tertiary/aromatic N) is 3. The van der Waals surface area contributed by atoms with Crippen molar-refractivity contribution < 1.29 is 0 Å². The van der Waals surface area contributed by atoms with Gasteiger partial charge in [-0.05, 0) is 62.7 Å². The molecule has 0 saturated heterocycles. The van der Waals surface area contributed by atoms with Crippen molar-refractivity contribution in [1.29, 1.82) is 0 Å². The van der Waals surface area contributed by atoms with Gasteiger partial charge in [-0.1, -0.05) is 267 Å². The third-order valence-corrected chi connectivity index (χ3v) is 14.0.